The summed E-state index contributed by atoms with van der Waals surface area (Å²) in [4.78, 5) is 12.2. The summed E-state index contributed by atoms with van der Waals surface area (Å²) in [5.74, 6) is 2.41. The number of benzene rings is 2. The van der Waals surface area contributed by atoms with Gasteiger partial charge in [0.25, 0.3) is 0 Å². The summed E-state index contributed by atoms with van der Waals surface area (Å²) < 4.78 is 42.6. The molecular formula is C22H28N2O6S2. The summed E-state index contributed by atoms with van der Waals surface area (Å²) in [6, 6.07) is 14.1. The maximum atomic E-state index is 12.6. The number of amides is 1. The van der Waals surface area contributed by atoms with Crippen LogP contribution >= 0.6 is 11.8 Å². The van der Waals surface area contributed by atoms with Crippen molar-refractivity contribution in [2.45, 2.75) is 10.6 Å². The van der Waals surface area contributed by atoms with E-state index in [1.165, 1.54) is 28.2 Å². The molecule has 32 heavy (non-hydrogen) atoms. The van der Waals surface area contributed by atoms with Crippen molar-refractivity contribution in [1.29, 1.82) is 0 Å². The van der Waals surface area contributed by atoms with Crippen LogP contribution in [0.2, 0.25) is 0 Å². The molecule has 0 atom stereocenters. The summed E-state index contributed by atoms with van der Waals surface area (Å²) in [5.41, 5.74) is 1.13. The van der Waals surface area contributed by atoms with Crippen molar-refractivity contribution in [3.05, 3.63) is 54.1 Å². The number of nitrogens with zero attached hydrogens (tertiary/aromatic N) is 1. The van der Waals surface area contributed by atoms with Gasteiger partial charge in [-0.05, 0) is 42.0 Å². The summed E-state index contributed by atoms with van der Waals surface area (Å²) in [5, 5.41) is 2.82. The summed E-state index contributed by atoms with van der Waals surface area (Å²) in [7, 11) is -1.89. The molecule has 2 aromatic carbocycles. The molecule has 0 aromatic heterocycles. The van der Waals surface area contributed by atoms with Crippen LogP contribution in [0.15, 0.2) is 53.4 Å². The molecule has 1 amide bonds. The Hall–Kier alpha value is -2.27. The van der Waals surface area contributed by atoms with Gasteiger partial charge in [-0.25, -0.2) is 8.42 Å². The fraction of sp³-hybridized carbons (Fsp3) is 0.409. The van der Waals surface area contributed by atoms with E-state index in [9.17, 15) is 13.2 Å². The third-order valence-electron chi connectivity index (χ3n) is 4.79. The van der Waals surface area contributed by atoms with E-state index in [2.05, 4.69) is 5.32 Å². The number of carbonyl (C=O) groups is 1. The number of carbonyl (C=O) groups excluding carboxylic acids is 1. The second-order valence-corrected chi connectivity index (χ2v) is 9.95. The van der Waals surface area contributed by atoms with Crippen LogP contribution in [0.4, 0.5) is 0 Å². The first-order chi connectivity index (χ1) is 15.5. The van der Waals surface area contributed by atoms with E-state index in [1.807, 2.05) is 24.3 Å². The third kappa shape index (κ3) is 7.13. The van der Waals surface area contributed by atoms with E-state index >= 15 is 0 Å². The van der Waals surface area contributed by atoms with Gasteiger partial charge in [0, 0.05) is 18.8 Å². The minimum absolute atomic E-state index is 0.0564. The Bertz CT molecular complexity index is 959. The summed E-state index contributed by atoms with van der Waals surface area (Å²) >= 11 is 1.54. The molecule has 1 heterocycles. The molecule has 0 spiro atoms. The molecule has 0 saturated carbocycles. The van der Waals surface area contributed by atoms with Crippen molar-refractivity contribution in [1.82, 2.24) is 9.62 Å². The van der Waals surface area contributed by atoms with Gasteiger partial charge in [0.05, 0.1) is 37.5 Å². The van der Waals surface area contributed by atoms with Crippen molar-refractivity contribution in [3.8, 4) is 11.5 Å². The molecule has 1 N–H and O–H groups in total. The molecule has 8 nitrogen and oxygen atoms in total. The lowest BCUT2D eigenvalue weighted by Crippen LogP contribution is -2.40. The van der Waals surface area contributed by atoms with Gasteiger partial charge in [0.1, 0.15) is 18.1 Å². The van der Waals surface area contributed by atoms with Gasteiger partial charge in [-0.15, -0.1) is 11.8 Å². The molecule has 0 bridgehead atoms. The Balaban J connectivity index is 1.34. The standard InChI is InChI=1S/C22H28N2O6S2/c1-28-19-4-2-18(3-5-19)16-31-17-22(25)23-10-13-30-20-6-8-21(9-7-20)32(26,27)24-11-14-29-15-12-24/h2-9H,10-17H2,1H3,(H,23,25). The molecule has 1 aliphatic rings. The van der Waals surface area contributed by atoms with E-state index in [-0.39, 0.29) is 10.8 Å². The van der Waals surface area contributed by atoms with Gasteiger partial charge < -0.3 is 19.5 Å². The highest BCUT2D eigenvalue weighted by Gasteiger charge is 2.26. The van der Waals surface area contributed by atoms with Crippen LogP contribution in [-0.2, 0) is 25.3 Å². The number of hydrogen-bond donors (Lipinski definition) is 1. The predicted octanol–water partition coefficient (Wildman–Crippen LogP) is 2.14. The zero-order valence-corrected chi connectivity index (χ0v) is 19.6. The van der Waals surface area contributed by atoms with Gasteiger partial charge in [-0.2, -0.15) is 4.31 Å². The van der Waals surface area contributed by atoms with Crippen molar-refractivity contribution >= 4 is 27.7 Å². The Labute approximate surface area is 193 Å². The van der Waals surface area contributed by atoms with Crippen LogP contribution < -0.4 is 14.8 Å². The van der Waals surface area contributed by atoms with Crippen LogP contribution in [0, 0.1) is 0 Å². The van der Waals surface area contributed by atoms with Crippen LogP contribution in [0.1, 0.15) is 5.56 Å². The highest BCUT2D eigenvalue weighted by molar-refractivity contribution is 7.99. The van der Waals surface area contributed by atoms with E-state index in [4.69, 9.17) is 14.2 Å². The maximum Gasteiger partial charge on any atom is 0.243 e. The van der Waals surface area contributed by atoms with E-state index < -0.39 is 10.0 Å². The molecule has 3 rings (SSSR count). The number of thioether (sulfide) groups is 1. The van der Waals surface area contributed by atoms with Gasteiger partial charge in [-0.1, -0.05) is 12.1 Å². The molecule has 10 heteroatoms. The van der Waals surface area contributed by atoms with Gasteiger partial charge >= 0.3 is 0 Å². The molecule has 0 radical (unpaired) electrons. The van der Waals surface area contributed by atoms with Gasteiger partial charge in [0.2, 0.25) is 15.9 Å². The van der Waals surface area contributed by atoms with Crippen LogP contribution in [0.25, 0.3) is 0 Å². The second-order valence-electron chi connectivity index (χ2n) is 7.03. The summed E-state index contributed by atoms with van der Waals surface area (Å²) in [6.07, 6.45) is 0. The maximum absolute atomic E-state index is 12.6. The fourth-order valence-corrected chi connectivity index (χ4v) is 5.26. The zero-order valence-electron chi connectivity index (χ0n) is 18.0. The van der Waals surface area contributed by atoms with Crippen molar-refractivity contribution < 1.29 is 27.4 Å². The van der Waals surface area contributed by atoms with Crippen LogP contribution in [0.3, 0.4) is 0 Å². The lowest BCUT2D eigenvalue weighted by atomic mass is 10.2. The minimum Gasteiger partial charge on any atom is -0.497 e. The average Bonchev–Trinajstić information content (AvgIpc) is 2.83. The fourth-order valence-electron chi connectivity index (χ4n) is 3.04. The van der Waals surface area contributed by atoms with Crippen molar-refractivity contribution in [2.75, 3.05) is 52.3 Å². The highest BCUT2D eigenvalue weighted by atomic mass is 32.2. The Morgan fingerprint density at radius 1 is 1.06 bits per heavy atom. The third-order valence-corrected chi connectivity index (χ3v) is 7.70. The highest BCUT2D eigenvalue weighted by Crippen LogP contribution is 2.20. The number of rotatable bonds is 11. The predicted molar refractivity (Wildman–Crippen MR) is 124 cm³/mol. The molecule has 0 aliphatic carbocycles. The monoisotopic (exact) mass is 480 g/mol. The molecule has 0 unspecified atom stereocenters. The molecule has 1 aliphatic heterocycles. The first kappa shape index (κ1) is 24.4. The van der Waals surface area contributed by atoms with Gasteiger partial charge in [-0.3, -0.25) is 4.79 Å². The molecule has 1 fully saturated rings. The lowest BCUT2D eigenvalue weighted by molar-refractivity contribution is -0.118. The molecular weight excluding hydrogens is 452 g/mol. The van der Waals surface area contributed by atoms with E-state index in [1.54, 1.807) is 19.2 Å². The van der Waals surface area contributed by atoms with Crippen molar-refractivity contribution in [3.63, 3.8) is 0 Å². The topological polar surface area (TPSA) is 94.2 Å². The quantitative estimate of drug-likeness (QED) is 0.493. The first-order valence-electron chi connectivity index (χ1n) is 10.3. The molecule has 1 saturated heterocycles. The van der Waals surface area contributed by atoms with Crippen LogP contribution in [-0.4, -0.2) is 70.9 Å². The molecule has 2 aromatic rings. The number of ether oxygens (including phenoxy) is 3. The minimum atomic E-state index is -3.52. The lowest BCUT2D eigenvalue weighted by Gasteiger charge is -2.26. The summed E-state index contributed by atoms with van der Waals surface area (Å²) in [6.45, 7) is 2.20. The Morgan fingerprint density at radius 2 is 1.72 bits per heavy atom. The average molecular weight is 481 g/mol. The molecule has 174 valence electrons. The Morgan fingerprint density at radius 3 is 2.38 bits per heavy atom. The van der Waals surface area contributed by atoms with Gasteiger partial charge in [0.15, 0.2) is 0 Å². The van der Waals surface area contributed by atoms with Crippen LogP contribution in [0.5, 0.6) is 11.5 Å². The first-order valence-corrected chi connectivity index (χ1v) is 12.9. The number of hydrogen-bond acceptors (Lipinski definition) is 7. The number of nitrogens with one attached hydrogen (secondary N) is 1. The second kappa shape index (κ2) is 12.1. The normalized spacial score (nSPS) is 14.7. The van der Waals surface area contributed by atoms with E-state index in [0.717, 1.165) is 17.1 Å². The SMILES string of the molecule is COc1ccc(CSCC(=O)NCCOc2ccc(S(=O)(=O)N3CCOCC3)cc2)cc1. The smallest absolute Gasteiger partial charge is 0.243 e. The zero-order chi connectivity index (χ0) is 22.8. The van der Waals surface area contributed by atoms with E-state index in [0.29, 0.717) is 51.0 Å². The largest absolute Gasteiger partial charge is 0.497 e. The number of sulfonamides is 1. The number of morpholine rings is 1. The number of methoxy groups -OCH3 is 1. The van der Waals surface area contributed by atoms with Crippen molar-refractivity contribution in [2.24, 2.45) is 0 Å². The Kier molecular flexibility index (Phi) is 9.22.